The minimum absolute atomic E-state index is 0.435. The van der Waals surface area contributed by atoms with Crippen LogP contribution < -0.4 is 5.32 Å². The number of rotatable bonds is 4. The van der Waals surface area contributed by atoms with E-state index in [9.17, 15) is 0 Å². The predicted octanol–water partition coefficient (Wildman–Crippen LogP) is 3.29. The number of imidazole rings is 1. The van der Waals surface area contributed by atoms with Gasteiger partial charge in [0, 0.05) is 18.8 Å². The number of ether oxygens (including phenoxy) is 1. The molecule has 4 heteroatoms. The molecule has 1 fully saturated rings. The van der Waals surface area contributed by atoms with Gasteiger partial charge in [-0.1, -0.05) is 24.3 Å². The highest BCUT2D eigenvalue weighted by Crippen LogP contribution is 2.18. The summed E-state index contributed by atoms with van der Waals surface area (Å²) in [7, 11) is 0. The Morgan fingerprint density at radius 1 is 1.18 bits per heavy atom. The topological polar surface area (TPSA) is 39.1 Å². The van der Waals surface area contributed by atoms with Gasteiger partial charge in [-0.25, -0.2) is 4.98 Å². The van der Waals surface area contributed by atoms with Crippen molar-refractivity contribution < 1.29 is 4.74 Å². The molecule has 2 aromatic carbocycles. The lowest BCUT2D eigenvalue weighted by atomic mass is 10.1. The molecule has 0 spiro atoms. The van der Waals surface area contributed by atoms with Crippen LogP contribution in [0, 0.1) is 0 Å². The third-order valence-electron chi connectivity index (χ3n) is 4.11. The molecule has 0 unspecified atom stereocenters. The first-order valence-corrected chi connectivity index (χ1v) is 7.71. The molecule has 0 bridgehead atoms. The molecular weight excluding hydrogens is 274 g/mol. The van der Waals surface area contributed by atoms with Gasteiger partial charge in [-0.15, -0.1) is 0 Å². The molecule has 0 amide bonds. The number of nitrogens with one attached hydrogen (secondary N) is 1. The van der Waals surface area contributed by atoms with Crippen LogP contribution in [-0.4, -0.2) is 28.8 Å². The lowest BCUT2D eigenvalue weighted by Crippen LogP contribution is -2.18. The lowest BCUT2D eigenvalue weighted by molar-refractivity contribution is 0.195. The molecule has 2 heterocycles. The van der Waals surface area contributed by atoms with E-state index in [1.54, 1.807) is 0 Å². The fourth-order valence-corrected chi connectivity index (χ4v) is 2.98. The Labute approximate surface area is 129 Å². The molecule has 1 aliphatic rings. The molecule has 1 aliphatic heterocycles. The first-order chi connectivity index (χ1) is 10.9. The Morgan fingerprint density at radius 3 is 3.05 bits per heavy atom. The van der Waals surface area contributed by atoms with Crippen LogP contribution in [0.15, 0.2) is 54.9 Å². The summed E-state index contributed by atoms with van der Waals surface area (Å²) in [5, 5.41) is 3.55. The number of hydrogen-bond acceptors (Lipinski definition) is 3. The highest BCUT2D eigenvalue weighted by atomic mass is 16.5. The molecule has 1 N–H and O–H groups in total. The van der Waals surface area contributed by atoms with E-state index >= 15 is 0 Å². The van der Waals surface area contributed by atoms with Gasteiger partial charge in [-0.2, -0.15) is 0 Å². The van der Waals surface area contributed by atoms with Crippen LogP contribution in [0.2, 0.25) is 0 Å². The maximum absolute atomic E-state index is 5.42. The fraction of sp³-hybridized carbons (Fsp3) is 0.278. The Hall–Kier alpha value is -2.33. The van der Waals surface area contributed by atoms with E-state index in [0.717, 1.165) is 37.4 Å². The molecule has 1 saturated heterocycles. The molecule has 22 heavy (non-hydrogen) atoms. The van der Waals surface area contributed by atoms with E-state index in [-0.39, 0.29) is 0 Å². The van der Waals surface area contributed by atoms with E-state index in [1.807, 2.05) is 18.5 Å². The van der Waals surface area contributed by atoms with Crippen molar-refractivity contribution in [3.8, 4) is 0 Å². The summed E-state index contributed by atoms with van der Waals surface area (Å²) in [6.07, 6.45) is 2.99. The zero-order valence-electron chi connectivity index (χ0n) is 12.4. The van der Waals surface area contributed by atoms with Gasteiger partial charge in [0.2, 0.25) is 0 Å². The normalized spacial score (nSPS) is 17.9. The van der Waals surface area contributed by atoms with Crippen LogP contribution in [0.1, 0.15) is 12.0 Å². The first kappa shape index (κ1) is 13.3. The number of anilines is 1. The number of fused-ring (bicyclic) bond motifs is 1. The second kappa shape index (κ2) is 5.81. The number of aromatic nitrogens is 2. The second-order valence-corrected chi connectivity index (χ2v) is 5.77. The molecule has 0 radical (unpaired) electrons. The Morgan fingerprint density at radius 2 is 2.14 bits per heavy atom. The van der Waals surface area contributed by atoms with Crippen molar-refractivity contribution in [2.24, 2.45) is 0 Å². The number of para-hydroxylation sites is 2. The Balaban J connectivity index is 1.55. The van der Waals surface area contributed by atoms with Gasteiger partial charge in [0.05, 0.1) is 30.0 Å². The van der Waals surface area contributed by atoms with E-state index < -0.39 is 0 Å². The number of nitrogens with zero attached hydrogens (tertiary/aromatic N) is 2. The third kappa shape index (κ3) is 2.70. The fourth-order valence-electron chi connectivity index (χ4n) is 2.98. The van der Waals surface area contributed by atoms with E-state index in [2.05, 4.69) is 51.3 Å². The van der Waals surface area contributed by atoms with Crippen molar-refractivity contribution in [3.05, 3.63) is 60.4 Å². The highest BCUT2D eigenvalue weighted by molar-refractivity contribution is 5.75. The first-order valence-electron chi connectivity index (χ1n) is 7.71. The average molecular weight is 293 g/mol. The Kier molecular flexibility index (Phi) is 3.52. The summed E-state index contributed by atoms with van der Waals surface area (Å²) in [4.78, 5) is 4.45. The van der Waals surface area contributed by atoms with Crippen molar-refractivity contribution in [1.29, 1.82) is 0 Å². The van der Waals surface area contributed by atoms with Crippen LogP contribution in [0.25, 0.3) is 11.0 Å². The van der Waals surface area contributed by atoms with Crippen molar-refractivity contribution in [3.63, 3.8) is 0 Å². The van der Waals surface area contributed by atoms with Crippen LogP contribution >= 0.6 is 0 Å². The number of benzene rings is 2. The molecule has 0 aliphatic carbocycles. The largest absolute Gasteiger partial charge is 0.380 e. The van der Waals surface area contributed by atoms with Gasteiger partial charge in [-0.05, 0) is 36.2 Å². The maximum Gasteiger partial charge on any atom is 0.0961 e. The van der Waals surface area contributed by atoms with Gasteiger partial charge in [0.1, 0.15) is 0 Å². The van der Waals surface area contributed by atoms with Gasteiger partial charge in [-0.3, -0.25) is 0 Å². The molecule has 4 nitrogen and oxygen atoms in total. The van der Waals surface area contributed by atoms with E-state index in [0.29, 0.717) is 6.04 Å². The molecule has 3 aromatic rings. The zero-order valence-corrected chi connectivity index (χ0v) is 12.4. The molecule has 0 saturated carbocycles. The molecular formula is C18H19N3O. The smallest absolute Gasteiger partial charge is 0.0961 e. The van der Waals surface area contributed by atoms with E-state index in [1.165, 1.54) is 11.1 Å². The molecule has 4 rings (SSSR count). The summed E-state index contributed by atoms with van der Waals surface area (Å²) in [5.74, 6) is 0. The summed E-state index contributed by atoms with van der Waals surface area (Å²) in [6, 6.07) is 17.3. The quantitative estimate of drug-likeness (QED) is 0.802. The van der Waals surface area contributed by atoms with Gasteiger partial charge < -0.3 is 14.6 Å². The van der Waals surface area contributed by atoms with Crippen molar-refractivity contribution in [2.45, 2.75) is 19.0 Å². The summed E-state index contributed by atoms with van der Waals surface area (Å²) < 4.78 is 7.61. The maximum atomic E-state index is 5.42. The molecule has 1 aromatic heterocycles. The molecule has 112 valence electrons. The van der Waals surface area contributed by atoms with Crippen molar-refractivity contribution >= 4 is 16.7 Å². The van der Waals surface area contributed by atoms with Crippen LogP contribution in [0.3, 0.4) is 0 Å². The summed E-state index contributed by atoms with van der Waals surface area (Å²) >= 11 is 0. The SMILES string of the molecule is c1cc(Cn2cnc3ccccc32)cc(N[C@H]2CCOC2)c1. The van der Waals surface area contributed by atoms with Gasteiger partial charge >= 0.3 is 0 Å². The highest BCUT2D eigenvalue weighted by Gasteiger charge is 2.15. The second-order valence-electron chi connectivity index (χ2n) is 5.77. The monoisotopic (exact) mass is 293 g/mol. The minimum atomic E-state index is 0.435. The van der Waals surface area contributed by atoms with Crippen molar-refractivity contribution in [2.75, 3.05) is 18.5 Å². The van der Waals surface area contributed by atoms with E-state index in [4.69, 9.17) is 4.74 Å². The van der Waals surface area contributed by atoms with Crippen LogP contribution in [0.5, 0.6) is 0 Å². The van der Waals surface area contributed by atoms with Gasteiger partial charge in [0.25, 0.3) is 0 Å². The standard InChI is InChI=1S/C18H19N3O/c1-2-7-18-17(6-1)19-13-21(18)11-14-4-3-5-15(10-14)20-16-8-9-22-12-16/h1-7,10,13,16,20H,8-9,11-12H2/t16-/m0/s1. The summed E-state index contributed by atoms with van der Waals surface area (Å²) in [6.45, 7) is 2.49. The zero-order chi connectivity index (χ0) is 14.8. The number of hydrogen-bond donors (Lipinski definition) is 1. The van der Waals surface area contributed by atoms with Crippen molar-refractivity contribution in [1.82, 2.24) is 9.55 Å². The lowest BCUT2D eigenvalue weighted by Gasteiger charge is -2.13. The predicted molar refractivity (Wildman–Crippen MR) is 88.1 cm³/mol. The third-order valence-corrected chi connectivity index (χ3v) is 4.11. The summed E-state index contributed by atoms with van der Waals surface area (Å²) in [5.41, 5.74) is 4.65. The average Bonchev–Trinajstić information content (AvgIpc) is 3.18. The van der Waals surface area contributed by atoms with Crippen LogP contribution in [-0.2, 0) is 11.3 Å². The molecule has 1 atom stereocenters. The van der Waals surface area contributed by atoms with Crippen LogP contribution in [0.4, 0.5) is 5.69 Å². The Bertz CT molecular complexity index is 775. The van der Waals surface area contributed by atoms with Gasteiger partial charge in [0.15, 0.2) is 0 Å². The minimum Gasteiger partial charge on any atom is -0.380 e.